The zero-order valence-electron chi connectivity index (χ0n) is 13.9. The van der Waals surface area contributed by atoms with E-state index in [1.807, 2.05) is 12.4 Å². The molecule has 1 nitrogen and oxygen atoms in total. The van der Waals surface area contributed by atoms with Gasteiger partial charge in [0.15, 0.2) is 8.07 Å². The van der Waals surface area contributed by atoms with Gasteiger partial charge in [0.2, 0.25) is 0 Å². The van der Waals surface area contributed by atoms with Crippen LogP contribution in [0.3, 0.4) is 0 Å². The second-order valence-electron chi connectivity index (χ2n) is 6.08. The van der Waals surface area contributed by atoms with Gasteiger partial charge in [-0.3, -0.25) is 4.98 Å². The summed E-state index contributed by atoms with van der Waals surface area (Å²) in [5.41, 5.74) is 0. The highest BCUT2D eigenvalue weighted by molar-refractivity contribution is 7.19. The third-order valence-electron chi connectivity index (χ3n) is 4.73. The highest BCUT2D eigenvalue weighted by Crippen LogP contribution is 2.08. The van der Waals surface area contributed by atoms with Gasteiger partial charge in [-0.1, -0.05) is 91.0 Å². The van der Waals surface area contributed by atoms with Gasteiger partial charge in [-0.05, 0) is 32.9 Å². The molecule has 0 aliphatic heterocycles. The van der Waals surface area contributed by atoms with Gasteiger partial charge in [-0.25, -0.2) is 0 Å². The molecule has 0 aliphatic rings. The van der Waals surface area contributed by atoms with Crippen LogP contribution in [0.15, 0.2) is 116 Å². The first-order valence-electron chi connectivity index (χ1n) is 8.49. The maximum atomic E-state index is 4.26. The Balaban J connectivity index is 2.13. The topological polar surface area (TPSA) is 12.9 Å². The number of rotatable bonds is 4. The lowest BCUT2D eigenvalue weighted by atomic mass is 10.3. The van der Waals surface area contributed by atoms with E-state index in [1.165, 1.54) is 20.7 Å². The maximum absolute atomic E-state index is 4.26. The fourth-order valence-electron chi connectivity index (χ4n) is 3.67. The fraction of sp³-hybridized carbons (Fsp3) is 0. The van der Waals surface area contributed by atoms with Gasteiger partial charge in [-0.2, -0.15) is 0 Å². The van der Waals surface area contributed by atoms with Crippen molar-refractivity contribution >= 4 is 28.8 Å². The highest BCUT2D eigenvalue weighted by Gasteiger charge is 2.40. The minimum absolute atomic E-state index is 1.35. The number of hydrogen-bond acceptors (Lipinski definition) is 1. The molecule has 0 N–H and O–H groups in total. The molecule has 3 aromatic carbocycles. The third-order valence-corrected chi connectivity index (χ3v) is 9.53. The van der Waals surface area contributed by atoms with E-state index in [0.29, 0.717) is 0 Å². The van der Waals surface area contributed by atoms with Crippen LogP contribution in [0.4, 0.5) is 0 Å². The molecule has 2 heteroatoms. The minimum atomic E-state index is -2.34. The summed E-state index contributed by atoms with van der Waals surface area (Å²) in [4.78, 5) is 4.26. The number of aromatic nitrogens is 1. The van der Waals surface area contributed by atoms with E-state index < -0.39 is 8.07 Å². The summed E-state index contributed by atoms with van der Waals surface area (Å²) in [6, 6.07) is 37.1. The lowest BCUT2D eigenvalue weighted by Gasteiger charge is -2.34. The summed E-state index contributed by atoms with van der Waals surface area (Å²) >= 11 is 0. The molecule has 1 aromatic heterocycles. The van der Waals surface area contributed by atoms with Crippen molar-refractivity contribution in [1.82, 2.24) is 4.98 Å². The lowest BCUT2D eigenvalue weighted by molar-refractivity contribution is 1.34. The lowest BCUT2D eigenvalue weighted by Crippen LogP contribution is -2.74. The van der Waals surface area contributed by atoms with Crippen LogP contribution in [0.25, 0.3) is 0 Å². The summed E-state index contributed by atoms with van der Waals surface area (Å²) < 4.78 is 0. The normalized spacial score (nSPS) is 11.2. The van der Waals surface area contributed by atoms with Gasteiger partial charge in [0, 0.05) is 12.4 Å². The molecule has 25 heavy (non-hydrogen) atoms. The van der Waals surface area contributed by atoms with Gasteiger partial charge in [0.1, 0.15) is 0 Å². The molecule has 120 valence electrons. The van der Waals surface area contributed by atoms with E-state index in [9.17, 15) is 0 Å². The first kappa shape index (κ1) is 15.5. The van der Waals surface area contributed by atoms with Gasteiger partial charge >= 0.3 is 0 Å². The first-order valence-corrected chi connectivity index (χ1v) is 10.5. The molecule has 0 fully saturated rings. The molecule has 0 spiro atoms. The zero-order valence-corrected chi connectivity index (χ0v) is 14.9. The molecule has 0 unspecified atom stereocenters. The van der Waals surface area contributed by atoms with E-state index in [-0.39, 0.29) is 0 Å². The van der Waals surface area contributed by atoms with E-state index in [2.05, 4.69) is 108 Å². The minimum Gasteiger partial charge on any atom is -0.265 e. The van der Waals surface area contributed by atoms with Crippen LogP contribution in [-0.2, 0) is 0 Å². The van der Waals surface area contributed by atoms with Crippen molar-refractivity contribution in [3.8, 4) is 0 Å². The Kier molecular flexibility index (Phi) is 4.28. The van der Waals surface area contributed by atoms with E-state index in [1.54, 1.807) is 0 Å². The Labute approximate surface area is 149 Å². The monoisotopic (exact) mass is 337 g/mol. The Bertz CT molecular complexity index is 759. The number of pyridine rings is 1. The van der Waals surface area contributed by atoms with Gasteiger partial charge in [0.05, 0.1) is 0 Å². The Morgan fingerprint density at radius 1 is 0.400 bits per heavy atom. The number of nitrogens with zero attached hydrogens (tertiary/aromatic N) is 1. The molecular weight excluding hydrogens is 318 g/mol. The van der Waals surface area contributed by atoms with E-state index in [0.717, 1.165) is 0 Å². The van der Waals surface area contributed by atoms with Crippen LogP contribution in [0.2, 0.25) is 0 Å². The molecule has 0 saturated carbocycles. The summed E-state index contributed by atoms with van der Waals surface area (Å²) in [6.07, 6.45) is 3.82. The Morgan fingerprint density at radius 3 is 1.08 bits per heavy atom. The van der Waals surface area contributed by atoms with Gasteiger partial charge in [0.25, 0.3) is 0 Å². The molecule has 0 saturated heterocycles. The predicted molar refractivity (Wildman–Crippen MR) is 108 cm³/mol. The van der Waals surface area contributed by atoms with E-state index >= 15 is 0 Å². The van der Waals surface area contributed by atoms with E-state index in [4.69, 9.17) is 0 Å². The summed E-state index contributed by atoms with van der Waals surface area (Å²) in [5.74, 6) is 0. The van der Waals surface area contributed by atoms with Gasteiger partial charge < -0.3 is 0 Å². The predicted octanol–water partition coefficient (Wildman–Crippen LogP) is 2.46. The quantitative estimate of drug-likeness (QED) is 0.412. The number of benzene rings is 3. The second-order valence-corrected chi connectivity index (χ2v) is 9.89. The van der Waals surface area contributed by atoms with Gasteiger partial charge in [-0.15, -0.1) is 0 Å². The van der Waals surface area contributed by atoms with Crippen LogP contribution in [-0.4, -0.2) is 13.1 Å². The number of hydrogen-bond donors (Lipinski definition) is 0. The SMILES string of the molecule is c1ccc([Si](c2ccccc2)(c2ccccc2)c2ccncc2)cc1. The average Bonchev–Trinajstić information content (AvgIpc) is 2.72. The Hall–Kier alpha value is -2.97. The van der Waals surface area contributed by atoms with Crippen LogP contribution < -0.4 is 20.7 Å². The average molecular weight is 337 g/mol. The molecule has 0 bridgehead atoms. The standard InChI is InChI=1S/C23H19NSi/c1-4-10-20(11-5-1)25(21-12-6-2-7-13-21,22-14-8-3-9-15-22)23-16-18-24-19-17-23/h1-19H. The molecule has 0 aliphatic carbocycles. The van der Waals surface area contributed by atoms with Crippen LogP contribution >= 0.6 is 0 Å². The van der Waals surface area contributed by atoms with Crippen molar-refractivity contribution in [2.75, 3.05) is 0 Å². The smallest absolute Gasteiger partial charge is 0.179 e. The second kappa shape index (κ2) is 6.87. The Morgan fingerprint density at radius 2 is 0.720 bits per heavy atom. The summed E-state index contributed by atoms with van der Waals surface area (Å²) in [6.45, 7) is 0. The highest BCUT2D eigenvalue weighted by atomic mass is 28.3. The van der Waals surface area contributed by atoms with Crippen molar-refractivity contribution < 1.29 is 0 Å². The molecule has 0 radical (unpaired) electrons. The maximum Gasteiger partial charge on any atom is 0.179 e. The summed E-state index contributed by atoms with van der Waals surface area (Å²) in [7, 11) is -2.34. The molecular formula is C23H19NSi. The molecule has 0 atom stereocenters. The molecule has 4 aromatic rings. The molecule has 0 amide bonds. The van der Waals surface area contributed by atoms with Crippen molar-refractivity contribution in [2.24, 2.45) is 0 Å². The molecule has 1 heterocycles. The zero-order chi connectivity index (χ0) is 17.0. The van der Waals surface area contributed by atoms with Crippen molar-refractivity contribution in [2.45, 2.75) is 0 Å². The largest absolute Gasteiger partial charge is 0.265 e. The van der Waals surface area contributed by atoms with Crippen LogP contribution in [0.5, 0.6) is 0 Å². The third kappa shape index (κ3) is 2.71. The first-order chi connectivity index (χ1) is 12.4. The van der Waals surface area contributed by atoms with Crippen LogP contribution in [0, 0.1) is 0 Å². The van der Waals surface area contributed by atoms with Crippen molar-refractivity contribution in [1.29, 1.82) is 0 Å². The molecule has 4 rings (SSSR count). The van der Waals surface area contributed by atoms with Crippen molar-refractivity contribution in [3.05, 3.63) is 116 Å². The van der Waals surface area contributed by atoms with Crippen molar-refractivity contribution in [3.63, 3.8) is 0 Å². The van der Waals surface area contributed by atoms with Crippen LogP contribution in [0.1, 0.15) is 0 Å². The fourth-order valence-corrected chi connectivity index (χ4v) is 8.39. The summed E-state index contributed by atoms with van der Waals surface area (Å²) in [5, 5.41) is 5.52.